The quantitative estimate of drug-likeness (QED) is 0.640. The minimum Gasteiger partial charge on any atom is -0.317 e. The van der Waals surface area contributed by atoms with Crippen molar-refractivity contribution in [2.75, 3.05) is 19.6 Å². The average molecular weight is 226 g/mol. The van der Waals surface area contributed by atoms with Crippen LogP contribution < -0.4 is 5.32 Å². The van der Waals surface area contributed by atoms with E-state index in [1.807, 2.05) is 0 Å². The molecule has 0 aliphatic heterocycles. The van der Waals surface area contributed by atoms with E-state index in [2.05, 4.69) is 31.0 Å². The molecule has 1 atom stereocenters. The maximum atomic E-state index is 3.51. The standard InChI is InChI=1S/C14H30N2/c1-4-11-15-12-10-13(3)16(5-2)14-8-6-7-9-14/h13-15H,4-12H2,1-3H3. The first-order chi connectivity index (χ1) is 7.79. The number of hydrogen-bond donors (Lipinski definition) is 1. The molecule has 0 aromatic rings. The van der Waals surface area contributed by atoms with Crippen LogP contribution in [0.1, 0.15) is 59.3 Å². The van der Waals surface area contributed by atoms with E-state index < -0.39 is 0 Å². The van der Waals surface area contributed by atoms with Gasteiger partial charge in [0.25, 0.3) is 0 Å². The fourth-order valence-electron chi connectivity index (χ4n) is 2.94. The third-order valence-electron chi connectivity index (χ3n) is 3.89. The Morgan fingerprint density at radius 2 is 1.88 bits per heavy atom. The molecule has 1 aliphatic carbocycles. The summed E-state index contributed by atoms with van der Waals surface area (Å²) < 4.78 is 0. The van der Waals surface area contributed by atoms with Crippen LogP contribution in [0.25, 0.3) is 0 Å². The van der Waals surface area contributed by atoms with Gasteiger partial charge in [-0.25, -0.2) is 0 Å². The van der Waals surface area contributed by atoms with Gasteiger partial charge >= 0.3 is 0 Å². The van der Waals surface area contributed by atoms with Gasteiger partial charge in [-0.15, -0.1) is 0 Å². The molecule has 96 valence electrons. The van der Waals surface area contributed by atoms with Crippen LogP contribution in [0.3, 0.4) is 0 Å². The first kappa shape index (κ1) is 14.0. The summed E-state index contributed by atoms with van der Waals surface area (Å²) >= 11 is 0. The van der Waals surface area contributed by atoms with Crippen molar-refractivity contribution in [3.8, 4) is 0 Å². The van der Waals surface area contributed by atoms with Crippen molar-refractivity contribution in [2.45, 2.75) is 71.4 Å². The van der Waals surface area contributed by atoms with E-state index in [0.717, 1.165) is 12.1 Å². The van der Waals surface area contributed by atoms with Crippen LogP contribution in [0.15, 0.2) is 0 Å². The lowest BCUT2D eigenvalue weighted by Gasteiger charge is -2.33. The second kappa shape index (κ2) is 8.08. The summed E-state index contributed by atoms with van der Waals surface area (Å²) in [4.78, 5) is 2.72. The molecule has 1 N–H and O–H groups in total. The van der Waals surface area contributed by atoms with Gasteiger partial charge in [0.2, 0.25) is 0 Å². The highest BCUT2D eigenvalue weighted by Gasteiger charge is 2.24. The number of hydrogen-bond acceptors (Lipinski definition) is 2. The summed E-state index contributed by atoms with van der Waals surface area (Å²) in [7, 11) is 0. The SMILES string of the molecule is CCCNCCC(C)N(CC)C1CCCC1. The number of nitrogens with one attached hydrogen (secondary N) is 1. The fourth-order valence-corrected chi connectivity index (χ4v) is 2.94. The third kappa shape index (κ3) is 4.42. The molecule has 0 aromatic heterocycles. The highest BCUT2D eigenvalue weighted by molar-refractivity contribution is 4.80. The summed E-state index contributed by atoms with van der Waals surface area (Å²) in [5.41, 5.74) is 0. The highest BCUT2D eigenvalue weighted by Crippen LogP contribution is 2.25. The third-order valence-corrected chi connectivity index (χ3v) is 3.89. The van der Waals surface area contributed by atoms with Crippen molar-refractivity contribution in [1.29, 1.82) is 0 Å². The average Bonchev–Trinajstić information content (AvgIpc) is 2.79. The van der Waals surface area contributed by atoms with Crippen LogP contribution in [0, 0.1) is 0 Å². The summed E-state index contributed by atoms with van der Waals surface area (Å²) in [5, 5.41) is 3.51. The van der Waals surface area contributed by atoms with Crippen LogP contribution in [0.5, 0.6) is 0 Å². The Morgan fingerprint density at radius 3 is 2.44 bits per heavy atom. The Labute approximate surface area is 102 Å². The van der Waals surface area contributed by atoms with Crippen LogP contribution in [-0.2, 0) is 0 Å². The summed E-state index contributed by atoms with van der Waals surface area (Å²) in [5.74, 6) is 0. The van der Waals surface area contributed by atoms with Gasteiger partial charge in [-0.3, -0.25) is 4.90 Å². The van der Waals surface area contributed by atoms with Gasteiger partial charge in [0, 0.05) is 12.1 Å². The number of nitrogens with zero attached hydrogens (tertiary/aromatic N) is 1. The zero-order valence-electron chi connectivity index (χ0n) is 11.5. The van der Waals surface area contributed by atoms with Crippen LogP contribution in [-0.4, -0.2) is 36.6 Å². The summed E-state index contributed by atoms with van der Waals surface area (Å²) in [6.07, 6.45) is 8.30. The fraction of sp³-hybridized carbons (Fsp3) is 1.00. The van der Waals surface area contributed by atoms with Crippen molar-refractivity contribution < 1.29 is 0 Å². The lowest BCUT2D eigenvalue weighted by Crippen LogP contribution is -2.41. The molecule has 1 saturated carbocycles. The second-order valence-electron chi connectivity index (χ2n) is 5.16. The first-order valence-electron chi connectivity index (χ1n) is 7.26. The van der Waals surface area contributed by atoms with E-state index in [1.165, 1.54) is 58.2 Å². The largest absolute Gasteiger partial charge is 0.317 e. The van der Waals surface area contributed by atoms with Gasteiger partial charge in [-0.1, -0.05) is 26.7 Å². The van der Waals surface area contributed by atoms with Crippen LogP contribution >= 0.6 is 0 Å². The van der Waals surface area contributed by atoms with Crippen molar-refractivity contribution in [1.82, 2.24) is 10.2 Å². The first-order valence-corrected chi connectivity index (χ1v) is 7.26. The van der Waals surface area contributed by atoms with Crippen molar-refractivity contribution in [3.63, 3.8) is 0 Å². The molecule has 1 fully saturated rings. The monoisotopic (exact) mass is 226 g/mol. The van der Waals surface area contributed by atoms with E-state index >= 15 is 0 Å². The minimum atomic E-state index is 0.748. The Morgan fingerprint density at radius 1 is 1.19 bits per heavy atom. The van der Waals surface area contributed by atoms with Gasteiger partial charge in [0.05, 0.1) is 0 Å². The van der Waals surface area contributed by atoms with E-state index in [0.29, 0.717) is 0 Å². The molecule has 0 heterocycles. The smallest absolute Gasteiger partial charge is 0.00979 e. The maximum absolute atomic E-state index is 3.51. The minimum absolute atomic E-state index is 0.748. The van der Waals surface area contributed by atoms with E-state index in [4.69, 9.17) is 0 Å². The Bertz CT molecular complexity index is 164. The van der Waals surface area contributed by atoms with Gasteiger partial charge in [0.15, 0.2) is 0 Å². The molecule has 0 bridgehead atoms. The Balaban J connectivity index is 2.22. The lowest BCUT2D eigenvalue weighted by molar-refractivity contribution is 0.146. The molecule has 0 radical (unpaired) electrons. The van der Waals surface area contributed by atoms with Crippen LogP contribution in [0.4, 0.5) is 0 Å². The molecule has 2 nitrogen and oxygen atoms in total. The van der Waals surface area contributed by atoms with Crippen LogP contribution in [0.2, 0.25) is 0 Å². The molecular weight excluding hydrogens is 196 g/mol. The molecular formula is C14H30N2. The van der Waals surface area contributed by atoms with Gasteiger partial charge in [-0.2, -0.15) is 0 Å². The molecule has 0 saturated heterocycles. The van der Waals surface area contributed by atoms with Gasteiger partial charge in [-0.05, 0) is 52.2 Å². The molecule has 0 aromatic carbocycles. The lowest BCUT2D eigenvalue weighted by atomic mass is 10.1. The topological polar surface area (TPSA) is 15.3 Å². The normalized spacial score (nSPS) is 19.5. The van der Waals surface area contributed by atoms with E-state index in [-0.39, 0.29) is 0 Å². The zero-order chi connectivity index (χ0) is 11.8. The highest BCUT2D eigenvalue weighted by atomic mass is 15.2. The molecule has 16 heavy (non-hydrogen) atoms. The van der Waals surface area contributed by atoms with Crippen molar-refractivity contribution in [2.24, 2.45) is 0 Å². The molecule has 1 unspecified atom stereocenters. The molecule has 0 amide bonds. The summed E-state index contributed by atoms with van der Waals surface area (Å²) in [6, 6.07) is 1.63. The van der Waals surface area contributed by atoms with Gasteiger partial charge in [0.1, 0.15) is 0 Å². The molecule has 1 rings (SSSR count). The van der Waals surface area contributed by atoms with Gasteiger partial charge < -0.3 is 5.32 Å². The summed E-state index contributed by atoms with van der Waals surface area (Å²) in [6.45, 7) is 10.5. The molecule has 2 heteroatoms. The van der Waals surface area contributed by atoms with Crippen molar-refractivity contribution >= 4 is 0 Å². The number of rotatable bonds is 8. The van der Waals surface area contributed by atoms with E-state index in [1.54, 1.807) is 0 Å². The second-order valence-corrected chi connectivity index (χ2v) is 5.16. The zero-order valence-corrected chi connectivity index (χ0v) is 11.5. The predicted molar refractivity (Wildman–Crippen MR) is 71.9 cm³/mol. The maximum Gasteiger partial charge on any atom is 0.00979 e. The molecule has 1 aliphatic rings. The predicted octanol–water partition coefficient (Wildman–Crippen LogP) is 3.03. The van der Waals surface area contributed by atoms with E-state index in [9.17, 15) is 0 Å². The van der Waals surface area contributed by atoms with Crippen molar-refractivity contribution in [3.05, 3.63) is 0 Å². The Hall–Kier alpha value is -0.0800. The Kier molecular flexibility index (Phi) is 7.06. The molecule has 0 spiro atoms.